The maximum atomic E-state index is 13.0. The number of hydrogen-bond acceptors (Lipinski definition) is 4. The number of fused-ring (bicyclic) bond motifs is 1. The lowest BCUT2D eigenvalue weighted by Gasteiger charge is -2.07. The van der Waals surface area contributed by atoms with Crippen LogP contribution in [-0.4, -0.2) is 35.6 Å². The fourth-order valence-corrected chi connectivity index (χ4v) is 2.66. The van der Waals surface area contributed by atoms with E-state index in [9.17, 15) is 19.1 Å². The molecule has 7 heteroatoms. The van der Waals surface area contributed by atoms with E-state index in [0.29, 0.717) is 11.1 Å². The molecule has 0 atom stereocenters. The summed E-state index contributed by atoms with van der Waals surface area (Å²) in [6.45, 7) is 1.34. The van der Waals surface area contributed by atoms with Gasteiger partial charge in [-0.25, -0.2) is 14.2 Å². The summed E-state index contributed by atoms with van der Waals surface area (Å²) >= 11 is 0. The Bertz CT molecular complexity index is 1020. The molecule has 2 aromatic carbocycles. The van der Waals surface area contributed by atoms with Crippen LogP contribution in [0.25, 0.3) is 0 Å². The molecule has 0 saturated carbocycles. The van der Waals surface area contributed by atoms with E-state index in [4.69, 9.17) is 4.74 Å². The number of hydrogen-bond donors (Lipinski definition) is 1. The van der Waals surface area contributed by atoms with Gasteiger partial charge in [0.05, 0.1) is 12.8 Å². The van der Waals surface area contributed by atoms with Gasteiger partial charge in [0.15, 0.2) is 5.84 Å². The lowest BCUT2D eigenvalue weighted by molar-refractivity contribution is -0.135. The fraction of sp³-hybridized carbons (Fsp3) is 0.100. The number of esters is 1. The molecule has 0 saturated heterocycles. The highest BCUT2D eigenvalue weighted by molar-refractivity contribution is 6.36. The Morgan fingerprint density at radius 2 is 1.70 bits per heavy atom. The first-order chi connectivity index (χ1) is 12.9. The molecule has 0 spiro atoms. The molecule has 0 bridgehead atoms. The average Bonchev–Trinajstić information content (AvgIpc) is 3.00. The molecule has 1 N–H and O–H groups in total. The molecular weight excluding hydrogens is 351 g/mol. The minimum absolute atomic E-state index is 0.0950. The van der Waals surface area contributed by atoms with Crippen LogP contribution in [0.4, 0.5) is 4.39 Å². The molecule has 27 heavy (non-hydrogen) atoms. The van der Waals surface area contributed by atoms with Crippen molar-refractivity contribution in [1.29, 1.82) is 0 Å². The van der Waals surface area contributed by atoms with Crippen LogP contribution in [0.3, 0.4) is 0 Å². The summed E-state index contributed by atoms with van der Waals surface area (Å²) in [5, 5.41) is 9.93. The Balaban J connectivity index is 2.10. The van der Waals surface area contributed by atoms with E-state index < -0.39 is 17.7 Å². The maximum absolute atomic E-state index is 13.0. The summed E-state index contributed by atoms with van der Waals surface area (Å²) in [5.41, 5.74) is 1.34. The van der Waals surface area contributed by atoms with Crippen LogP contribution in [0.15, 0.2) is 69.8 Å². The monoisotopic (exact) mass is 366 g/mol. The van der Waals surface area contributed by atoms with Crippen molar-refractivity contribution in [2.75, 3.05) is 7.11 Å². The summed E-state index contributed by atoms with van der Waals surface area (Å²) in [7, 11) is 1.19. The van der Waals surface area contributed by atoms with Crippen LogP contribution in [0, 0.1) is 5.82 Å². The highest BCUT2D eigenvalue weighted by atomic mass is 19.1. The number of carbonyl (C=O) groups excluding carboxylic acids is 2. The largest absolute Gasteiger partial charge is 0.512 e. The van der Waals surface area contributed by atoms with Crippen LogP contribution in [0.5, 0.6) is 0 Å². The van der Waals surface area contributed by atoms with Gasteiger partial charge in [-0.15, -0.1) is 0 Å². The van der Waals surface area contributed by atoms with E-state index in [1.807, 2.05) is 0 Å². The molecular formula is C20H15FN2O4. The number of halogens is 1. The molecule has 0 radical (unpaired) electrons. The first kappa shape index (κ1) is 18.2. The third-order valence-corrected chi connectivity index (χ3v) is 3.93. The first-order valence-corrected chi connectivity index (χ1v) is 7.98. The number of amides is 1. The standard InChI is InChI=1S/C20H15FN2O4/c1-11(24)16(20(26)27-2)17-14-5-3-4-6-15(14)18(22-17)23-19(25)12-7-9-13(21)10-8-12/h3-10,24H,1-2H3. The second-order valence-electron chi connectivity index (χ2n) is 5.71. The highest BCUT2D eigenvalue weighted by Crippen LogP contribution is 2.25. The summed E-state index contributed by atoms with van der Waals surface area (Å²) in [5.74, 6) is -1.99. The smallest absolute Gasteiger partial charge is 0.343 e. The Morgan fingerprint density at radius 3 is 2.30 bits per heavy atom. The van der Waals surface area contributed by atoms with Crippen LogP contribution in [0.2, 0.25) is 0 Å². The van der Waals surface area contributed by atoms with Crippen molar-refractivity contribution in [1.82, 2.24) is 0 Å². The summed E-state index contributed by atoms with van der Waals surface area (Å²) < 4.78 is 17.8. The van der Waals surface area contributed by atoms with E-state index >= 15 is 0 Å². The second-order valence-corrected chi connectivity index (χ2v) is 5.71. The minimum atomic E-state index is -0.755. The third-order valence-electron chi connectivity index (χ3n) is 3.93. The zero-order chi connectivity index (χ0) is 19.6. The van der Waals surface area contributed by atoms with Crippen molar-refractivity contribution < 1.29 is 23.8 Å². The van der Waals surface area contributed by atoms with Crippen molar-refractivity contribution in [3.05, 3.63) is 82.4 Å². The van der Waals surface area contributed by atoms with Crippen molar-refractivity contribution in [2.45, 2.75) is 6.92 Å². The van der Waals surface area contributed by atoms with E-state index in [2.05, 4.69) is 9.98 Å². The van der Waals surface area contributed by atoms with Crippen LogP contribution in [-0.2, 0) is 9.53 Å². The molecule has 2 aromatic rings. The predicted molar refractivity (Wildman–Crippen MR) is 97.6 cm³/mol. The van der Waals surface area contributed by atoms with E-state index in [0.717, 1.165) is 12.1 Å². The minimum Gasteiger partial charge on any atom is -0.512 e. The Labute approximate surface area is 154 Å². The van der Waals surface area contributed by atoms with E-state index in [1.54, 1.807) is 24.3 Å². The number of allylic oxidation sites excluding steroid dienone is 1. The number of aliphatic imine (C=N–C) groups is 2. The van der Waals surface area contributed by atoms with Gasteiger partial charge in [0.2, 0.25) is 0 Å². The molecule has 0 fully saturated rings. The number of rotatable bonds is 3. The number of carbonyl (C=O) groups is 2. The quantitative estimate of drug-likeness (QED) is 0.513. The Morgan fingerprint density at radius 1 is 1.07 bits per heavy atom. The number of ether oxygens (including phenoxy) is 1. The second kappa shape index (κ2) is 7.33. The summed E-state index contributed by atoms with van der Waals surface area (Å²) in [6, 6.07) is 11.9. The molecule has 136 valence electrons. The molecule has 3 rings (SSSR count). The van der Waals surface area contributed by atoms with Crippen molar-refractivity contribution in [3.63, 3.8) is 0 Å². The Kier molecular flexibility index (Phi) is 4.94. The van der Waals surface area contributed by atoms with Crippen molar-refractivity contribution in [3.8, 4) is 0 Å². The molecule has 1 amide bonds. The Hall–Kier alpha value is -3.61. The lowest BCUT2D eigenvalue weighted by Crippen LogP contribution is -2.16. The van der Waals surface area contributed by atoms with Gasteiger partial charge in [-0.3, -0.25) is 4.79 Å². The van der Waals surface area contributed by atoms with Gasteiger partial charge in [0.25, 0.3) is 5.91 Å². The molecule has 1 aliphatic heterocycles. The number of benzene rings is 2. The number of methoxy groups -OCH3 is 1. The average molecular weight is 366 g/mol. The van der Waals surface area contributed by atoms with E-state index in [1.165, 1.54) is 26.2 Å². The lowest BCUT2D eigenvalue weighted by atomic mass is 9.99. The predicted octanol–water partition coefficient (Wildman–Crippen LogP) is 3.22. The van der Waals surface area contributed by atoms with Crippen molar-refractivity contribution in [2.24, 2.45) is 9.98 Å². The molecule has 6 nitrogen and oxygen atoms in total. The molecule has 1 aliphatic rings. The molecule has 0 unspecified atom stereocenters. The van der Waals surface area contributed by atoms with Crippen molar-refractivity contribution >= 4 is 23.4 Å². The van der Waals surface area contributed by atoms with E-state index in [-0.39, 0.29) is 28.4 Å². The van der Waals surface area contributed by atoms with Gasteiger partial charge in [-0.05, 0) is 31.2 Å². The van der Waals surface area contributed by atoms with Gasteiger partial charge in [0, 0.05) is 16.7 Å². The fourth-order valence-electron chi connectivity index (χ4n) is 2.66. The zero-order valence-corrected chi connectivity index (χ0v) is 14.6. The van der Waals surface area contributed by atoms with Crippen LogP contribution < -0.4 is 0 Å². The number of aliphatic hydroxyl groups excluding tert-OH is 1. The van der Waals surface area contributed by atoms with Gasteiger partial charge in [-0.1, -0.05) is 24.3 Å². The first-order valence-electron chi connectivity index (χ1n) is 7.98. The van der Waals surface area contributed by atoms with Crippen LogP contribution >= 0.6 is 0 Å². The number of nitrogens with zero attached hydrogens (tertiary/aromatic N) is 2. The molecule has 0 aromatic heterocycles. The number of amidine groups is 1. The third kappa shape index (κ3) is 3.52. The van der Waals surface area contributed by atoms with Gasteiger partial charge in [-0.2, -0.15) is 4.99 Å². The zero-order valence-electron chi connectivity index (χ0n) is 14.6. The normalized spacial score (nSPS) is 15.1. The van der Waals surface area contributed by atoms with Gasteiger partial charge in [0.1, 0.15) is 17.1 Å². The summed E-state index contributed by atoms with van der Waals surface area (Å²) in [6.07, 6.45) is 0. The maximum Gasteiger partial charge on any atom is 0.343 e. The van der Waals surface area contributed by atoms with Gasteiger partial charge >= 0.3 is 5.97 Å². The summed E-state index contributed by atoms with van der Waals surface area (Å²) in [4.78, 5) is 32.7. The SMILES string of the molecule is COC(=O)C(C1=NC(=NC(=O)c2ccc(F)cc2)c2ccccc21)=C(C)O. The van der Waals surface area contributed by atoms with Crippen LogP contribution in [0.1, 0.15) is 28.4 Å². The number of aliphatic hydroxyl groups is 1. The molecule has 0 aliphatic carbocycles. The topological polar surface area (TPSA) is 88.3 Å². The van der Waals surface area contributed by atoms with Gasteiger partial charge < -0.3 is 9.84 Å². The highest BCUT2D eigenvalue weighted by Gasteiger charge is 2.30. The molecule has 1 heterocycles.